The fourth-order valence-corrected chi connectivity index (χ4v) is 1.41. The molecule has 2 aromatic rings. The van der Waals surface area contributed by atoms with Gasteiger partial charge >= 0.3 is 0 Å². The second-order valence-electron chi connectivity index (χ2n) is 3.19. The van der Waals surface area contributed by atoms with Crippen LogP contribution in [-0.2, 0) is 6.42 Å². The molecule has 84 valence electrons. The van der Waals surface area contributed by atoms with E-state index in [-0.39, 0.29) is 11.4 Å². The lowest BCUT2D eigenvalue weighted by Gasteiger charge is -2.07. The van der Waals surface area contributed by atoms with Crippen molar-refractivity contribution in [1.29, 1.82) is 0 Å². The summed E-state index contributed by atoms with van der Waals surface area (Å²) in [6.45, 7) is 1.82. The van der Waals surface area contributed by atoms with E-state index in [4.69, 9.17) is 5.73 Å². The summed E-state index contributed by atoms with van der Waals surface area (Å²) in [6.07, 6.45) is 0.517. The first-order valence-corrected chi connectivity index (χ1v) is 4.65. The summed E-state index contributed by atoms with van der Waals surface area (Å²) < 4.78 is 27.6. The average molecular weight is 225 g/mol. The zero-order chi connectivity index (χ0) is 11.7. The van der Waals surface area contributed by atoms with E-state index >= 15 is 0 Å². The lowest BCUT2D eigenvalue weighted by Crippen LogP contribution is -2.08. The summed E-state index contributed by atoms with van der Waals surface area (Å²) in [5.74, 6) is -1.07. The van der Waals surface area contributed by atoms with Crippen LogP contribution in [0.5, 0.6) is 0 Å². The smallest absolute Gasteiger partial charge is 0.156 e. The van der Waals surface area contributed by atoms with E-state index in [9.17, 15) is 8.78 Å². The maximum absolute atomic E-state index is 13.6. The summed E-state index contributed by atoms with van der Waals surface area (Å²) in [4.78, 5) is 0. The minimum Gasteiger partial charge on any atom is -0.397 e. The summed E-state index contributed by atoms with van der Waals surface area (Å²) in [6, 6.07) is 1.77. The number of benzene rings is 1. The molecule has 0 aliphatic rings. The molecule has 0 aliphatic heterocycles. The Morgan fingerprint density at radius 1 is 1.38 bits per heavy atom. The SMILES string of the molecule is CCc1nnnn1-c1c(N)cc(F)cc1F. The second kappa shape index (κ2) is 3.84. The van der Waals surface area contributed by atoms with E-state index in [2.05, 4.69) is 15.5 Å². The van der Waals surface area contributed by atoms with Gasteiger partial charge in [-0.1, -0.05) is 6.92 Å². The van der Waals surface area contributed by atoms with Crippen molar-refractivity contribution in [2.45, 2.75) is 13.3 Å². The molecule has 0 unspecified atom stereocenters. The van der Waals surface area contributed by atoms with Crippen molar-refractivity contribution in [3.63, 3.8) is 0 Å². The van der Waals surface area contributed by atoms with Gasteiger partial charge in [0.15, 0.2) is 11.6 Å². The number of nitrogens with two attached hydrogens (primary N) is 1. The molecule has 0 fully saturated rings. The first kappa shape index (κ1) is 10.5. The molecule has 16 heavy (non-hydrogen) atoms. The fraction of sp³-hybridized carbons (Fsp3) is 0.222. The zero-order valence-electron chi connectivity index (χ0n) is 8.48. The third-order valence-electron chi connectivity index (χ3n) is 2.12. The molecule has 0 aliphatic carbocycles. The summed E-state index contributed by atoms with van der Waals surface area (Å²) in [7, 11) is 0. The van der Waals surface area contributed by atoms with Crippen molar-refractivity contribution in [2.75, 3.05) is 5.73 Å². The van der Waals surface area contributed by atoms with Crippen LogP contribution in [0.1, 0.15) is 12.7 Å². The molecule has 1 aromatic carbocycles. The highest BCUT2D eigenvalue weighted by molar-refractivity contribution is 5.58. The number of tetrazole rings is 1. The van der Waals surface area contributed by atoms with Crippen LogP contribution in [0.4, 0.5) is 14.5 Å². The standard InChI is InChI=1S/C9H9F2N5/c1-2-8-13-14-15-16(8)9-6(11)3-5(10)4-7(9)12/h3-4H,2,12H2,1H3. The first-order chi connectivity index (χ1) is 7.63. The van der Waals surface area contributed by atoms with Gasteiger partial charge < -0.3 is 5.73 Å². The Morgan fingerprint density at radius 3 is 2.75 bits per heavy atom. The Balaban J connectivity index is 2.64. The molecule has 2 N–H and O–H groups in total. The number of anilines is 1. The van der Waals surface area contributed by atoms with Crippen LogP contribution in [0.15, 0.2) is 12.1 Å². The number of nitrogen functional groups attached to an aromatic ring is 1. The molecule has 0 spiro atoms. The molecule has 1 aromatic heterocycles. The predicted octanol–water partition coefficient (Wildman–Crippen LogP) is 1.09. The number of aromatic nitrogens is 4. The molecule has 0 amide bonds. The molecular weight excluding hydrogens is 216 g/mol. The van der Waals surface area contributed by atoms with Gasteiger partial charge in [0.05, 0.1) is 5.69 Å². The zero-order valence-corrected chi connectivity index (χ0v) is 8.48. The van der Waals surface area contributed by atoms with E-state index in [0.717, 1.165) is 12.1 Å². The minimum atomic E-state index is -0.792. The first-order valence-electron chi connectivity index (χ1n) is 4.65. The molecule has 0 saturated heterocycles. The summed E-state index contributed by atoms with van der Waals surface area (Å²) >= 11 is 0. The molecule has 0 radical (unpaired) electrons. The second-order valence-corrected chi connectivity index (χ2v) is 3.19. The van der Waals surface area contributed by atoms with Crippen LogP contribution < -0.4 is 5.73 Å². The summed E-state index contributed by atoms with van der Waals surface area (Å²) in [5.41, 5.74) is 5.47. The van der Waals surface area contributed by atoms with E-state index < -0.39 is 11.6 Å². The van der Waals surface area contributed by atoms with E-state index in [1.54, 1.807) is 0 Å². The predicted molar refractivity (Wildman–Crippen MR) is 52.9 cm³/mol. The maximum atomic E-state index is 13.6. The van der Waals surface area contributed by atoms with Gasteiger partial charge in [-0.25, -0.2) is 8.78 Å². The van der Waals surface area contributed by atoms with Gasteiger partial charge in [-0.3, -0.25) is 0 Å². The largest absolute Gasteiger partial charge is 0.397 e. The third kappa shape index (κ3) is 1.60. The maximum Gasteiger partial charge on any atom is 0.156 e. The highest BCUT2D eigenvalue weighted by atomic mass is 19.1. The van der Waals surface area contributed by atoms with E-state index in [0.29, 0.717) is 12.2 Å². The van der Waals surface area contributed by atoms with Crippen LogP contribution in [-0.4, -0.2) is 20.2 Å². The summed E-state index contributed by atoms with van der Waals surface area (Å²) in [5, 5.41) is 10.7. The van der Waals surface area contributed by atoms with Gasteiger partial charge in [-0.05, 0) is 16.5 Å². The normalized spacial score (nSPS) is 10.7. The van der Waals surface area contributed by atoms with Crippen LogP contribution >= 0.6 is 0 Å². The Labute approximate surface area is 89.9 Å². The van der Waals surface area contributed by atoms with Crippen LogP contribution in [0.3, 0.4) is 0 Å². The van der Waals surface area contributed by atoms with Gasteiger partial charge in [0, 0.05) is 12.5 Å². The highest BCUT2D eigenvalue weighted by Crippen LogP contribution is 2.22. The molecule has 2 rings (SSSR count). The van der Waals surface area contributed by atoms with Crippen LogP contribution in [0, 0.1) is 11.6 Å². The van der Waals surface area contributed by atoms with Crippen molar-refractivity contribution in [2.24, 2.45) is 0 Å². The van der Waals surface area contributed by atoms with Gasteiger partial charge in [0.25, 0.3) is 0 Å². The number of nitrogens with zero attached hydrogens (tertiary/aromatic N) is 4. The lowest BCUT2D eigenvalue weighted by atomic mass is 10.2. The Morgan fingerprint density at radius 2 is 2.12 bits per heavy atom. The fourth-order valence-electron chi connectivity index (χ4n) is 1.41. The highest BCUT2D eigenvalue weighted by Gasteiger charge is 2.15. The lowest BCUT2D eigenvalue weighted by molar-refractivity contribution is 0.571. The average Bonchev–Trinajstić information content (AvgIpc) is 2.64. The van der Waals surface area contributed by atoms with E-state index in [1.165, 1.54) is 4.68 Å². The molecular formula is C9H9F2N5. The van der Waals surface area contributed by atoms with E-state index in [1.807, 2.05) is 6.92 Å². The van der Waals surface area contributed by atoms with Crippen LogP contribution in [0.25, 0.3) is 5.69 Å². The Bertz CT molecular complexity index is 499. The minimum absolute atomic E-state index is 0.0248. The molecule has 0 atom stereocenters. The monoisotopic (exact) mass is 225 g/mol. The van der Waals surface area contributed by atoms with Crippen LogP contribution in [0.2, 0.25) is 0 Å². The van der Waals surface area contributed by atoms with Crippen molar-refractivity contribution < 1.29 is 8.78 Å². The molecule has 5 nitrogen and oxygen atoms in total. The molecule has 1 heterocycles. The Hall–Kier alpha value is -2.05. The van der Waals surface area contributed by atoms with Crippen molar-refractivity contribution >= 4 is 5.69 Å². The van der Waals surface area contributed by atoms with Crippen molar-refractivity contribution in [3.8, 4) is 5.69 Å². The number of halogens is 2. The number of hydrogen-bond donors (Lipinski definition) is 1. The number of hydrogen-bond acceptors (Lipinski definition) is 4. The van der Waals surface area contributed by atoms with Crippen molar-refractivity contribution in [1.82, 2.24) is 20.2 Å². The third-order valence-corrected chi connectivity index (χ3v) is 2.12. The number of aryl methyl sites for hydroxylation is 1. The van der Waals surface area contributed by atoms with Crippen molar-refractivity contribution in [3.05, 3.63) is 29.6 Å². The number of rotatable bonds is 2. The molecule has 0 saturated carbocycles. The van der Waals surface area contributed by atoms with Gasteiger partial charge in [-0.2, -0.15) is 4.68 Å². The topological polar surface area (TPSA) is 69.6 Å². The Kier molecular flexibility index (Phi) is 2.51. The van der Waals surface area contributed by atoms with Gasteiger partial charge in [0.1, 0.15) is 11.5 Å². The quantitative estimate of drug-likeness (QED) is 0.776. The van der Waals surface area contributed by atoms with Gasteiger partial charge in [0.2, 0.25) is 0 Å². The molecule has 7 heteroatoms. The van der Waals surface area contributed by atoms with Gasteiger partial charge in [-0.15, -0.1) is 5.10 Å². The molecule has 0 bridgehead atoms.